The molecule has 0 unspecified atom stereocenters. The zero-order valence-corrected chi connectivity index (χ0v) is 16.8. The number of thiophene rings is 1. The second-order valence-corrected chi connectivity index (χ2v) is 7.12. The first kappa shape index (κ1) is 21.0. The van der Waals surface area contributed by atoms with Crippen LogP contribution in [0.2, 0.25) is 10.0 Å². The second kappa shape index (κ2) is 9.07. The maximum atomic E-state index is 12.2. The monoisotopic (exact) mass is 430 g/mol. The van der Waals surface area contributed by atoms with Crippen LogP contribution >= 0.6 is 34.5 Å². The quantitative estimate of drug-likeness (QED) is 0.651. The number of primary amides is 1. The summed E-state index contributed by atoms with van der Waals surface area (Å²) in [6.07, 6.45) is 0. The maximum Gasteiger partial charge on any atom is 0.341 e. The van der Waals surface area contributed by atoms with Crippen molar-refractivity contribution in [2.75, 3.05) is 18.5 Å². The first-order valence-corrected chi connectivity index (χ1v) is 9.29. The van der Waals surface area contributed by atoms with Gasteiger partial charge in [0.15, 0.2) is 6.61 Å². The Hall–Kier alpha value is -2.29. The zero-order chi connectivity index (χ0) is 20.1. The molecule has 1 heterocycles. The minimum Gasteiger partial charge on any atom is -0.482 e. The number of rotatable bonds is 7. The van der Waals surface area contributed by atoms with E-state index in [9.17, 15) is 14.4 Å². The zero-order valence-electron chi connectivity index (χ0n) is 14.4. The standard InChI is InChI=1S/C17H16Cl2N2O5S/c1-3-25-17(24)13-8(2)14(15(20)23)27-16(13)21-12(22)7-26-11-6-9(18)4-5-10(11)19/h4-6H,3,7H2,1-2H3,(H2,20,23)(H,21,22). The van der Waals surface area contributed by atoms with Gasteiger partial charge in [0, 0.05) is 11.1 Å². The van der Waals surface area contributed by atoms with E-state index in [2.05, 4.69) is 5.32 Å². The number of halogens is 2. The van der Waals surface area contributed by atoms with Crippen LogP contribution in [-0.4, -0.2) is 31.0 Å². The number of benzene rings is 1. The molecule has 0 atom stereocenters. The van der Waals surface area contributed by atoms with Crippen molar-refractivity contribution in [1.29, 1.82) is 0 Å². The van der Waals surface area contributed by atoms with E-state index < -0.39 is 17.8 Å². The predicted molar refractivity (Wildman–Crippen MR) is 104 cm³/mol. The molecule has 3 N–H and O–H groups in total. The van der Waals surface area contributed by atoms with Crippen LogP contribution in [0.15, 0.2) is 18.2 Å². The summed E-state index contributed by atoms with van der Waals surface area (Å²) >= 11 is 12.7. The van der Waals surface area contributed by atoms with Crippen LogP contribution in [0.3, 0.4) is 0 Å². The summed E-state index contributed by atoms with van der Waals surface area (Å²) in [5.41, 5.74) is 5.76. The van der Waals surface area contributed by atoms with E-state index in [4.69, 9.17) is 38.4 Å². The van der Waals surface area contributed by atoms with Crippen molar-refractivity contribution >= 4 is 57.3 Å². The van der Waals surface area contributed by atoms with Gasteiger partial charge in [0.25, 0.3) is 11.8 Å². The van der Waals surface area contributed by atoms with Crippen molar-refractivity contribution < 1.29 is 23.9 Å². The van der Waals surface area contributed by atoms with Crippen LogP contribution in [-0.2, 0) is 9.53 Å². The molecule has 0 bridgehead atoms. The van der Waals surface area contributed by atoms with E-state index in [1.165, 1.54) is 12.1 Å². The average Bonchev–Trinajstić information content (AvgIpc) is 2.92. The third kappa shape index (κ3) is 5.12. The summed E-state index contributed by atoms with van der Waals surface area (Å²) in [5.74, 6) is -1.68. The number of carbonyl (C=O) groups is 3. The molecule has 27 heavy (non-hydrogen) atoms. The van der Waals surface area contributed by atoms with E-state index in [1.807, 2.05) is 0 Å². The molecule has 0 aliphatic heterocycles. The first-order chi connectivity index (χ1) is 12.7. The number of amides is 2. The molecule has 0 saturated carbocycles. The van der Waals surface area contributed by atoms with E-state index in [0.29, 0.717) is 15.6 Å². The molecule has 2 rings (SSSR count). The molecule has 0 fully saturated rings. The summed E-state index contributed by atoms with van der Waals surface area (Å²) in [4.78, 5) is 36.1. The molecule has 1 aromatic heterocycles. The molecule has 0 aliphatic carbocycles. The fraction of sp³-hybridized carbons (Fsp3) is 0.235. The summed E-state index contributed by atoms with van der Waals surface area (Å²) in [5, 5.41) is 3.39. The summed E-state index contributed by atoms with van der Waals surface area (Å²) in [6.45, 7) is 2.96. The highest BCUT2D eigenvalue weighted by atomic mass is 35.5. The van der Waals surface area contributed by atoms with E-state index >= 15 is 0 Å². The van der Waals surface area contributed by atoms with E-state index in [0.717, 1.165) is 11.3 Å². The van der Waals surface area contributed by atoms with Crippen LogP contribution < -0.4 is 15.8 Å². The Kier molecular flexibility index (Phi) is 7.06. The van der Waals surface area contributed by atoms with Gasteiger partial charge in [-0.2, -0.15) is 0 Å². The number of carbonyl (C=O) groups excluding carboxylic acids is 3. The third-order valence-electron chi connectivity index (χ3n) is 3.36. The lowest BCUT2D eigenvalue weighted by atomic mass is 10.1. The molecule has 0 radical (unpaired) electrons. The summed E-state index contributed by atoms with van der Waals surface area (Å²) < 4.78 is 10.3. The van der Waals surface area contributed by atoms with Crippen molar-refractivity contribution in [1.82, 2.24) is 0 Å². The largest absolute Gasteiger partial charge is 0.482 e. The van der Waals surface area contributed by atoms with Gasteiger partial charge in [0.2, 0.25) is 0 Å². The lowest BCUT2D eigenvalue weighted by molar-refractivity contribution is -0.118. The van der Waals surface area contributed by atoms with Gasteiger partial charge in [0.1, 0.15) is 10.8 Å². The van der Waals surface area contributed by atoms with Crippen LogP contribution in [0.5, 0.6) is 5.75 Å². The SMILES string of the molecule is CCOC(=O)c1c(NC(=O)COc2cc(Cl)ccc2Cl)sc(C(N)=O)c1C. The Balaban J connectivity index is 2.19. The van der Waals surface area contributed by atoms with Crippen LogP contribution in [0.1, 0.15) is 32.5 Å². The van der Waals surface area contributed by atoms with Crippen molar-refractivity contribution in [3.63, 3.8) is 0 Å². The lowest BCUT2D eigenvalue weighted by Crippen LogP contribution is -2.21. The topological polar surface area (TPSA) is 108 Å². The molecular formula is C17H16Cl2N2O5S. The van der Waals surface area contributed by atoms with Crippen LogP contribution in [0, 0.1) is 6.92 Å². The van der Waals surface area contributed by atoms with Crippen molar-refractivity contribution in [3.05, 3.63) is 44.2 Å². The normalized spacial score (nSPS) is 10.4. The average molecular weight is 431 g/mol. The molecule has 1 aromatic carbocycles. The Labute approximate surface area is 169 Å². The van der Waals surface area contributed by atoms with Crippen molar-refractivity contribution in [3.8, 4) is 5.75 Å². The number of hydrogen-bond acceptors (Lipinski definition) is 6. The Morgan fingerprint density at radius 2 is 1.96 bits per heavy atom. The molecule has 0 spiro atoms. The number of hydrogen-bond donors (Lipinski definition) is 2. The Morgan fingerprint density at radius 1 is 1.26 bits per heavy atom. The molecule has 10 heteroatoms. The summed E-state index contributed by atoms with van der Waals surface area (Å²) in [7, 11) is 0. The molecular weight excluding hydrogens is 415 g/mol. The lowest BCUT2D eigenvalue weighted by Gasteiger charge is -2.09. The molecule has 144 valence electrons. The maximum absolute atomic E-state index is 12.2. The van der Waals surface area contributed by atoms with Gasteiger partial charge in [-0.1, -0.05) is 23.2 Å². The van der Waals surface area contributed by atoms with Gasteiger partial charge in [-0.15, -0.1) is 11.3 Å². The second-order valence-electron chi connectivity index (χ2n) is 5.26. The number of ether oxygens (including phenoxy) is 2. The minimum absolute atomic E-state index is 0.0878. The van der Waals surface area contributed by atoms with Crippen molar-refractivity contribution in [2.24, 2.45) is 5.73 Å². The van der Waals surface area contributed by atoms with Gasteiger partial charge >= 0.3 is 5.97 Å². The highest BCUT2D eigenvalue weighted by Crippen LogP contribution is 2.33. The molecule has 0 saturated heterocycles. The van der Waals surface area contributed by atoms with Gasteiger partial charge in [0.05, 0.1) is 22.1 Å². The Morgan fingerprint density at radius 3 is 2.59 bits per heavy atom. The predicted octanol–water partition coefficient (Wildman–Crippen LogP) is 3.66. The van der Waals surface area contributed by atoms with Crippen LogP contribution in [0.4, 0.5) is 5.00 Å². The first-order valence-electron chi connectivity index (χ1n) is 7.72. The fourth-order valence-electron chi connectivity index (χ4n) is 2.18. The number of nitrogens with two attached hydrogens (primary N) is 1. The van der Waals surface area contributed by atoms with Gasteiger partial charge in [-0.3, -0.25) is 9.59 Å². The number of esters is 1. The summed E-state index contributed by atoms with van der Waals surface area (Å²) in [6, 6.07) is 4.60. The highest BCUT2D eigenvalue weighted by Gasteiger charge is 2.25. The minimum atomic E-state index is -0.703. The van der Waals surface area contributed by atoms with Gasteiger partial charge < -0.3 is 20.5 Å². The smallest absolute Gasteiger partial charge is 0.341 e. The molecule has 2 amide bonds. The van der Waals surface area contributed by atoms with E-state index in [-0.39, 0.29) is 34.4 Å². The highest BCUT2D eigenvalue weighted by molar-refractivity contribution is 7.18. The Bertz CT molecular complexity index is 898. The fourth-order valence-corrected chi connectivity index (χ4v) is 3.58. The van der Waals surface area contributed by atoms with E-state index in [1.54, 1.807) is 19.9 Å². The van der Waals surface area contributed by atoms with Gasteiger partial charge in [-0.05, 0) is 31.5 Å². The third-order valence-corrected chi connectivity index (χ3v) is 5.12. The van der Waals surface area contributed by atoms with Gasteiger partial charge in [-0.25, -0.2) is 4.79 Å². The molecule has 7 nitrogen and oxygen atoms in total. The van der Waals surface area contributed by atoms with Crippen molar-refractivity contribution in [2.45, 2.75) is 13.8 Å². The van der Waals surface area contributed by atoms with Crippen LogP contribution in [0.25, 0.3) is 0 Å². The molecule has 0 aliphatic rings. The number of nitrogens with one attached hydrogen (secondary N) is 1. The molecule has 2 aromatic rings. The number of anilines is 1.